The predicted octanol–water partition coefficient (Wildman–Crippen LogP) is 3.77. The van der Waals surface area contributed by atoms with Gasteiger partial charge in [-0.05, 0) is 30.0 Å². The van der Waals surface area contributed by atoms with Crippen molar-refractivity contribution in [1.29, 1.82) is 0 Å². The maximum absolute atomic E-state index is 12.7. The molecule has 34 heavy (non-hydrogen) atoms. The molecule has 15 heteroatoms. The van der Waals surface area contributed by atoms with Gasteiger partial charge in [-0.2, -0.15) is 18.3 Å². The number of hydrogen-bond acceptors (Lipinski definition) is 10. The summed E-state index contributed by atoms with van der Waals surface area (Å²) in [4.78, 5) is 37.8. The summed E-state index contributed by atoms with van der Waals surface area (Å²) in [6.45, 7) is 0. The number of nitrogens with one attached hydrogen (secondary N) is 1. The number of thioether (sulfide) groups is 1. The second-order valence-electron chi connectivity index (χ2n) is 6.21. The van der Waals surface area contributed by atoms with Gasteiger partial charge in [0.2, 0.25) is 0 Å². The van der Waals surface area contributed by atoms with Crippen molar-refractivity contribution in [2.24, 2.45) is 10.2 Å². The maximum atomic E-state index is 12.7. The Morgan fingerprint density at radius 1 is 1.32 bits per heavy atom. The summed E-state index contributed by atoms with van der Waals surface area (Å²) in [5.41, 5.74) is -0.931. The summed E-state index contributed by atoms with van der Waals surface area (Å²) in [7, 11) is 1.17. The van der Waals surface area contributed by atoms with Gasteiger partial charge in [-0.1, -0.05) is 17.8 Å². The first-order valence-corrected chi connectivity index (χ1v) is 10.6. The van der Waals surface area contributed by atoms with Gasteiger partial charge in [-0.3, -0.25) is 20.2 Å². The van der Waals surface area contributed by atoms with E-state index in [1.807, 2.05) is 0 Å². The number of hydrogen-bond donors (Lipinski definition) is 1. The van der Waals surface area contributed by atoms with Crippen LogP contribution in [0.5, 0.6) is 0 Å². The molecule has 1 aliphatic heterocycles. The Morgan fingerprint density at radius 2 is 2.09 bits per heavy atom. The molecule has 1 N–H and O–H groups in total. The van der Waals surface area contributed by atoms with Crippen molar-refractivity contribution < 1.29 is 32.4 Å². The number of esters is 1. The zero-order valence-corrected chi connectivity index (χ0v) is 18.5. The monoisotopic (exact) mass is 511 g/mol. The van der Waals surface area contributed by atoms with Gasteiger partial charge in [0, 0.05) is 23.9 Å². The van der Waals surface area contributed by atoms with E-state index in [4.69, 9.17) is 0 Å². The minimum Gasteiger partial charge on any atom is -0.466 e. The van der Waals surface area contributed by atoms with Crippen LogP contribution in [0.25, 0.3) is 0 Å². The lowest BCUT2D eigenvalue weighted by Crippen LogP contribution is -2.19. The molecule has 0 spiro atoms. The highest BCUT2D eigenvalue weighted by molar-refractivity contribution is 8.18. The number of pyridine rings is 1. The molecular formula is C19H12F3N5O5S2. The van der Waals surface area contributed by atoms with Crippen LogP contribution in [0.4, 0.5) is 18.9 Å². The molecule has 1 amide bonds. The van der Waals surface area contributed by atoms with E-state index < -0.39 is 28.5 Å². The molecule has 2 aromatic rings. The number of aromatic nitrogens is 1. The first-order chi connectivity index (χ1) is 16.1. The van der Waals surface area contributed by atoms with Crippen molar-refractivity contribution in [2.75, 3.05) is 7.11 Å². The minimum absolute atomic E-state index is 0.0645. The fourth-order valence-electron chi connectivity index (χ4n) is 2.35. The van der Waals surface area contributed by atoms with E-state index >= 15 is 0 Å². The lowest BCUT2D eigenvalue weighted by Gasteiger charge is -2.07. The molecule has 0 radical (unpaired) electrons. The van der Waals surface area contributed by atoms with Gasteiger partial charge in [-0.25, -0.2) is 9.78 Å². The molecule has 1 saturated heterocycles. The largest absolute Gasteiger partial charge is 0.466 e. The number of alkyl halides is 3. The Morgan fingerprint density at radius 3 is 2.71 bits per heavy atom. The van der Waals surface area contributed by atoms with Gasteiger partial charge in [-0.15, -0.1) is 5.10 Å². The number of halogens is 3. The van der Waals surface area contributed by atoms with E-state index in [2.05, 4.69) is 25.2 Å². The number of nitrogens with zero attached hydrogens (tertiary/aromatic N) is 4. The Bertz CT molecular complexity index is 1230. The van der Waals surface area contributed by atoms with Crippen LogP contribution < -0.4 is 5.32 Å². The summed E-state index contributed by atoms with van der Waals surface area (Å²) in [5, 5.41) is 21.7. The number of rotatable bonds is 6. The van der Waals surface area contributed by atoms with E-state index in [0.717, 1.165) is 41.7 Å². The van der Waals surface area contributed by atoms with Gasteiger partial charge in [0.15, 0.2) is 5.17 Å². The molecule has 1 aromatic heterocycles. The van der Waals surface area contributed by atoms with Crippen LogP contribution in [-0.2, 0) is 20.5 Å². The zero-order valence-electron chi connectivity index (χ0n) is 16.9. The standard InChI is InChI=1S/C19H12F3N5O5S2/c1-32-16(28)7-14-17(29)25-18(34-14)26-24-8-10-2-4-13(12(6-10)27(30)31)33-15-5-3-11(9-23-15)19(20,21)22/h2-9H,1H3,(H,25,26,29)/b14-7+,24-8?. The molecule has 0 bridgehead atoms. The summed E-state index contributed by atoms with van der Waals surface area (Å²) in [6, 6.07) is 6.07. The van der Waals surface area contributed by atoms with Crippen molar-refractivity contribution in [3.8, 4) is 0 Å². The van der Waals surface area contributed by atoms with Gasteiger partial charge >= 0.3 is 12.1 Å². The summed E-state index contributed by atoms with van der Waals surface area (Å²) >= 11 is 1.69. The Labute approximate surface area is 197 Å². The number of benzene rings is 1. The van der Waals surface area contributed by atoms with Crippen LogP contribution >= 0.6 is 23.5 Å². The molecule has 2 heterocycles. The van der Waals surface area contributed by atoms with E-state index in [-0.39, 0.29) is 25.7 Å². The minimum atomic E-state index is -4.54. The number of nitro benzene ring substituents is 1. The van der Waals surface area contributed by atoms with E-state index in [9.17, 15) is 32.9 Å². The first-order valence-electron chi connectivity index (χ1n) is 8.96. The second-order valence-corrected chi connectivity index (χ2v) is 8.30. The lowest BCUT2D eigenvalue weighted by atomic mass is 10.2. The van der Waals surface area contributed by atoms with Crippen molar-refractivity contribution in [1.82, 2.24) is 10.3 Å². The fraction of sp³-hybridized carbons (Fsp3) is 0.105. The van der Waals surface area contributed by atoms with Crippen molar-refractivity contribution >= 4 is 52.5 Å². The molecule has 3 rings (SSSR count). The van der Waals surface area contributed by atoms with Crippen LogP contribution in [0.15, 0.2) is 67.6 Å². The number of ether oxygens (including phenoxy) is 1. The van der Waals surface area contributed by atoms with Crippen molar-refractivity contribution in [2.45, 2.75) is 16.1 Å². The van der Waals surface area contributed by atoms with Gasteiger partial charge in [0.05, 0.1) is 33.6 Å². The summed E-state index contributed by atoms with van der Waals surface area (Å²) < 4.78 is 42.4. The Balaban J connectivity index is 1.74. The average Bonchev–Trinajstić information content (AvgIpc) is 3.13. The molecule has 0 unspecified atom stereocenters. The third kappa shape index (κ3) is 6.41. The predicted molar refractivity (Wildman–Crippen MR) is 117 cm³/mol. The topological polar surface area (TPSA) is 136 Å². The molecule has 0 aliphatic carbocycles. The number of amides is 1. The number of amidine groups is 1. The Kier molecular flexibility index (Phi) is 7.68. The molecular weight excluding hydrogens is 499 g/mol. The first kappa shape index (κ1) is 24.9. The van der Waals surface area contributed by atoms with Crippen LogP contribution in [0.1, 0.15) is 11.1 Å². The third-order valence-electron chi connectivity index (χ3n) is 3.91. The van der Waals surface area contributed by atoms with Crippen LogP contribution in [0.2, 0.25) is 0 Å². The van der Waals surface area contributed by atoms with Crippen LogP contribution in [0, 0.1) is 10.1 Å². The van der Waals surface area contributed by atoms with Crippen molar-refractivity contribution in [3.63, 3.8) is 0 Å². The molecule has 10 nitrogen and oxygen atoms in total. The summed E-state index contributed by atoms with van der Waals surface area (Å²) in [5.74, 6) is -1.27. The lowest BCUT2D eigenvalue weighted by molar-refractivity contribution is -0.387. The molecule has 1 fully saturated rings. The van der Waals surface area contributed by atoms with E-state index in [1.54, 1.807) is 0 Å². The molecule has 1 aliphatic rings. The highest BCUT2D eigenvalue weighted by Gasteiger charge is 2.30. The highest BCUT2D eigenvalue weighted by Crippen LogP contribution is 2.36. The van der Waals surface area contributed by atoms with Crippen LogP contribution in [0.3, 0.4) is 0 Å². The van der Waals surface area contributed by atoms with Gasteiger partial charge in [0.1, 0.15) is 5.03 Å². The van der Waals surface area contributed by atoms with Crippen molar-refractivity contribution in [3.05, 3.63) is 68.8 Å². The maximum Gasteiger partial charge on any atom is 0.417 e. The summed E-state index contributed by atoms with van der Waals surface area (Å²) in [6.07, 6.45) is -1.68. The average molecular weight is 511 g/mol. The number of carbonyl (C=O) groups is 2. The highest BCUT2D eigenvalue weighted by atomic mass is 32.2. The molecule has 0 atom stereocenters. The number of nitro groups is 1. The van der Waals surface area contributed by atoms with Crippen LogP contribution in [-0.4, -0.2) is 40.3 Å². The van der Waals surface area contributed by atoms with E-state index in [0.29, 0.717) is 11.8 Å². The number of methoxy groups -OCH3 is 1. The second kappa shape index (κ2) is 10.5. The van der Waals surface area contributed by atoms with Gasteiger partial charge in [0.25, 0.3) is 11.6 Å². The van der Waals surface area contributed by atoms with E-state index in [1.165, 1.54) is 31.5 Å². The molecule has 0 saturated carbocycles. The normalized spacial score (nSPS) is 16.3. The third-order valence-corrected chi connectivity index (χ3v) is 5.83. The number of carbonyl (C=O) groups excluding carboxylic acids is 2. The molecule has 176 valence electrons. The van der Waals surface area contributed by atoms with Gasteiger partial charge < -0.3 is 4.74 Å². The smallest absolute Gasteiger partial charge is 0.417 e. The fourth-order valence-corrected chi connectivity index (χ4v) is 3.93. The SMILES string of the molecule is COC(=O)/C=C1/S/C(=N\N=Cc2ccc(Sc3ccc(C(F)(F)F)cn3)c([N+](=O)[O-])c2)NC1=O. The molecule has 1 aromatic carbocycles. The quantitative estimate of drug-likeness (QED) is 0.204. The zero-order chi connectivity index (χ0) is 24.9. The Hall–Kier alpha value is -3.72.